The molecule has 1 atom stereocenters. The molecule has 0 spiro atoms. The second-order valence-electron chi connectivity index (χ2n) is 8.70. The van der Waals surface area contributed by atoms with Crippen molar-refractivity contribution in [3.63, 3.8) is 0 Å². The van der Waals surface area contributed by atoms with Crippen molar-refractivity contribution in [2.75, 3.05) is 24.3 Å². The van der Waals surface area contributed by atoms with Gasteiger partial charge in [-0.15, -0.1) is 11.3 Å². The van der Waals surface area contributed by atoms with Gasteiger partial charge in [-0.1, -0.05) is 36.4 Å². The molecule has 7 heteroatoms. The van der Waals surface area contributed by atoms with Crippen LogP contribution < -0.4 is 10.2 Å². The zero-order chi connectivity index (χ0) is 25.7. The van der Waals surface area contributed by atoms with Gasteiger partial charge in [0.05, 0.1) is 10.9 Å². The van der Waals surface area contributed by atoms with Gasteiger partial charge in [-0.25, -0.2) is 4.39 Å². The van der Waals surface area contributed by atoms with Gasteiger partial charge in [0.25, 0.3) is 11.8 Å². The summed E-state index contributed by atoms with van der Waals surface area (Å²) in [6.07, 6.45) is 0. The van der Waals surface area contributed by atoms with Gasteiger partial charge >= 0.3 is 0 Å². The fourth-order valence-corrected chi connectivity index (χ4v) is 4.68. The van der Waals surface area contributed by atoms with Crippen molar-refractivity contribution >= 4 is 34.5 Å². The van der Waals surface area contributed by atoms with Crippen molar-refractivity contribution in [3.05, 3.63) is 118 Å². The van der Waals surface area contributed by atoms with E-state index in [4.69, 9.17) is 0 Å². The molecule has 184 valence electrons. The Morgan fingerprint density at radius 2 is 1.67 bits per heavy atom. The highest BCUT2D eigenvalue weighted by Gasteiger charge is 2.25. The molecule has 0 bridgehead atoms. The number of halogens is 1. The lowest BCUT2D eigenvalue weighted by atomic mass is 10.0. The zero-order valence-corrected chi connectivity index (χ0v) is 21.3. The molecule has 1 N–H and O–H groups in total. The minimum absolute atomic E-state index is 0.176. The van der Waals surface area contributed by atoms with E-state index in [2.05, 4.69) is 5.32 Å². The number of nitrogens with one attached hydrogen (secondary N) is 1. The van der Waals surface area contributed by atoms with Gasteiger partial charge in [-0.2, -0.15) is 0 Å². The van der Waals surface area contributed by atoms with Crippen molar-refractivity contribution in [1.82, 2.24) is 4.90 Å². The monoisotopic (exact) mass is 501 g/mol. The molecule has 4 aromatic rings. The van der Waals surface area contributed by atoms with E-state index < -0.39 is 5.82 Å². The summed E-state index contributed by atoms with van der Waals surface area (Å²) in [5, 5.41) is 4.82. The molecule has 0 saturated heterocycles. The van der Waals surface area contributed by atoms with Gasteiger partial charge in [-0.3, -0.25) is 9.59 Å². The second-order valence-corrected chi connectivity index (χ2v) is 9.64. The number of hydrogen-bond acceptors (Lipinski definition) is 4. The molecule has 0 radical (unpaired) electrons. The maximum absolute atomic E-state index is 13.7. The average molecular weight is 502 g/mol. The Morgan fingerprint density at radius 1 is 0.944 bits per heavy atom. The van der Waals surface area contributed by atoms with Gasteiger partial charge in [0, 0.05) is 37.6 Å². The van der Waals surface area contributed by atoms with E-state index in [1.807, 2.05) is 85.9 Å². The van der Waals surface area contributed by atoms with Crippen LogP contribution in [0.4, 0.5) is 15.8 Å². The Labute approximate surface area is 214 Å². The Hall–Kier alpha value is -3.97. The van der Waals surface area contributed by atoms with Crippen LogP contribution in [0.3, 0.4) is 0 Å². The molecule has 1 aromatic heterocycles. The first-order valence-corrected chi connectivity index (χ1v) is 12.5. The number of carbonyl (C=O) groups is 2. The highest BCUT2D eigenvalue weighted by Crippen LogP contribution is 2.30. The molecule has 4 rings (SSSR count). The van der Waals surface area contributed by atoms with Crippen molar-refractivity contribution in [2.24, 2.45) is 0 Å². The summed E-state index contributed by atoms with van der Waals surface area (Å²) in [6, 6.07) is 24.5. The molecule has 3 aromatic carbocycles. The first-order chi connectivity index (χ1) is 17.3. The molecule has 0 aliphatic heterocycles. The second kappa shape index (κ2) is 11.2. The third kappa shape index (κ3) is 5.80. The predicted molar refractivity (Wildman–Crippen MR) is 144 cm³/mol. The van der Waals surface area contributed by atoms with Gasteiger partial charge in [-0.05, 0) is 72.0 Å². The van der Waals surface area contributed by atoms with Gasteiger partial charge in [0.1, 0.15) is 5.82 Å². The standard InChI is InChI=1S/C29H28FN3O2S/c1-20(21-8-5-4-6-9-21)33(29(35)22-11-13-24(30)14-12-22)19-23-18-25(15-16-26(23)32(2)3)31-28(34)27-10-7-17-36-27/h4-18,20H,19H2,1-3H3,(H,31,34)/t20-/m1/s1. The van der Waals surface area contributed by atoms with Crippen LogP contribution in [0, 0.1) is 5.82 Å². The first-order valence-electron chi connectivity index (χ1n) is 11.6. The lowest BCUT2D eigenvalue weighted by Gasteiger charge is -2.31. The van der Waals surface area contributed by atoms with Crippen molar-refractivity contribution in [2.45, 2.75) is 19.5 Å². The lowest BCUT2D eigenvalue weighted by Crippen LogP contribution is -2.33. The molecule has 0 unspecified atom stereocenters. The van der Waals surface area contributed by atoms with Crippen LogP contribution in [-0.2, 0) is 6.54 Å². The molecule has 2 amide bonds. The number of amides is 2. The fraction of sp³-hybridized carbons (Fsp3) is 0.172. The summed E-state index contributed by atoms with van der Waals surface area (Å²) in [4.78, 5) is 30.7. The van der Waals surface area contributed by atoms with Gasteiger partial charge < -0.3 is 15.1 Å². The highest BCUT2D eigenvalue weighted by molar-refractivity contribution is 7.12. The van der Waals surface area contributed by atoms with E-state index >= 15 is 0 Å². The van der Waals surface area contributed by atoms with Crippen LogP contribution in [0.2, 0.25) is 0 Å². The zero-order valence-electron chi connectivity index (χ0n) is 20.4. The predicted octanol–water partition coefficient (Wildman–Crippen LogP) is 6.61. The van der Waals surface area contributed by atoms with E-state index in [9.17, 15) is 14.0 Å². The highest BCUT2D eigenvalue weighted by atomic mass is 32.1. The normalized spacial score (nSPS) is 11.6. The quantitative estimate of drug-likeness (QED) is 0.296. The molecule has 0 fully saturated rings. The van der Waals surface area contributed by atoms with E-state index in [-0.39, 0.29) is 17.9 Å². The van der Waals surface area contributed by atoms with Crippen LogP contribution >= 0.6 is 11.3 Å². The molecule has 5 nitrogen and oxygen atoms in total. The van der Waals surface area contributed by atoms with E-state index in [1.54, 1.807) is 11.0 Å². The summed E-state index contributed by atoms with van der Waals surface area (Å²) in [5.41, 5.74) is 3.85. The number of hydrogen-bond donors (Lipinski definition) is 1. The molecule has 1 heterocycles. The maximum atomic E-state index is 13.7. The SMILES string of the molecule is C[C@H](c1ccccc1)N(Cc1cc(NC(=O)c2cccs2)ccc1N(C)C)C(=O)c1ccc(F)cc1. The molecule has 36 heavy (non-hydrogen) atoms. The fourth-order valence-electron chi connectivity index (χ4n) is 4.06. The van der Waals surface area contributed by atoms with Crippen molar-refractivity contribution in [1.29, 1.82) is 0 Å². The molecule has 0 saturated carbocycles. The van der Waals surface area contributed by atoms with Crippen LogP contribution in [-0.4, -0.2) is 30.8 Å². The third-order valence-corrected chi connectivity index (χ3v) is 6.87. The largest absolute Gasteiger partial charge is 0.377 e. The lowest BCUT2D eigenvalue weighted by molar-refractivity contribution is 0.0674. The number of benzene rings is 3. The minimum atomic E-state index is -0.390. The summed E-state index contributed by atoms with van der Waals surface area (Å²) >= 11 is 1.38. The number of anilines is 2. The van der Waals surface area contributed by atoms with E-state index in [0.29, 0.717) is 22.7 Å². The molecule has 0 aliphatic carbocycles. The Morgan fingerprint density at radius 3 is 2.31 bits per heavy atom. The van der Waals surface area contributed by atoms with Crippen LogP contribution in [0.5, 0.6) is 0 Å². The van der Waals surface area contributed by atoms with Crippen LogP contribution in [0.25, 0.3) is 0 Å². The number of carbonyl (C=O) groups excluding carboxylic acids is 2. The van der Waals surface area contributed by atoms with Gasteiger partial charge in [0.2, 0.25) is 0 Å². The Bertz CT molecular complexity index is 1320. The summed E-state index contributed by atoms with van der Waals surface area (Å²) in [5.74, 6) is -0.771. The minimum Gasteiger partial charge on any atom is -0.377 e. The summed E-state index contributed by atoms with van der Waals surface area (Å²) < 4.78 is 13.5. The third-order valence-electron chi connectivity index (χ3n) is 6.01. The topological polar surface area (TPSA) is 52.7 Å². The number of thiophene rings is 1. The molecular formula is C29H28FN3O2S. The van der Waals surface area contributed by atoms with Crippen LogP contribution in [0.1, 0.15) is 44.1 Å². The van der Waals surface area contributed by atoms with Gasteiger partial charge in [0.15, 0.2) is 0 Å². The van der Waals surface area contributed by atoms with Crippen molar-refractivity contribution in [3.8, 4) is 0 Å². The van der Waals surface area contributed by atoms with E-state index in [1.165, 1.54) is 35.6 Å². The molecular weight excluding hydrogens is 473 g/mol. The maximum Gasteiger partial charge on any atom is 0.265 e. The molecule has 0 aliphatic rings. The summed E-state index contributed by atoms with van der Waals surface area (Å²) in [6.45, 7) is 2.27. The van der Waals surface area contributed by atoms with Crippen LogP contribution in [0.15, 0.2) is 90.3 Å². The van der Waals surface area contributed by atoms with Crippen molar-refractivity contribution < 1.29 is 14.0 Å². The Kier molecular flexibility index (Phi) is 7.80. The average Bonchev–Trinajstić information content (AvgIpc) is 3.43. The summed E-state index contributed by atoms with van der Waals surface area (Å²) in [7, 11) is 3.88. The van der Waals surface area contributed by atoms with E-state index in [0.717, 1.165) is 16.8 Å². The number of nitrogens with zero attached hydrogens (tertiary/aromatic N) is 2. The number of rotatable bonds is 8. The smallest absolute Gasteiger partial charge is 0.265 e. The Balaban J connectivity index is 1.70. The first kappa shape index (κ1) is 25.1.